The van der Waals surface area contributed by atoms with Gasteiger partial charge in [0.1, 0.15) is 11.5 Å². The lowest BCUT2D eigenvalue weighted by molar-refractivity contribution is 0.123. The molecule has 0 aliphatic heterocycles. The molecule has 4 nitrogen and oxygen atoms in total. The van der Waals surface area contributed by atoms with Gasteiger partial charge in [-0.15, -0.1) is 11.3 Å². The minimum absolute atomic E-state index is 0.431. The Morgan fingerprint density at radius 3 is 2.89 bits per heavy atom. The van der Waals surface area contributed by atoms with Gasteiger partial charge in [-0.05, 0) is 19.9 Å². The lowest BCUT2D eigenvalue weighted by atomic mass is 10.2. The molecule has 0 aliphatic carbocycles. The highest BCUT2D eigenvalue weighted by molar-refractivity contribution is 7.09. The molecule has 0 saturated heterocycles. The van der Waals surface area contributed by atoms with Crippen LogP contribution in [0.3, 0.4) is 0 Å². The van der Waals surface area contributed by atoms with E-state index in [0.29, 0.717) is 19.8 Å². The Bertz CT molecular complexity index is 505. The zero-order valence-corrected chi connectivity index (χ0v) is 11.5. The van der Waals surface area contributed by atoms with Crippen LogP contribution < -0.4 is 5.73 Å². The molecule has 0 spiro atoms. The summed E-state index contributed by atoms with van der Waals surface area (Å²) in [5, 5.41) is 0. The molecule has 0 aromatic carbocycles. The topological polar surface area (TPSA) is 61.3 Å². The fourth-order valence-electron chi connectivity index (χ4n) is 1.74. The molecule has 2 aromatic rings. The van der Waals surface area contributed by atoms with Crippen molar-refractivity contribution in [2.75, 3.05) is 6.61 Å². The summed E-state index contributed by atoms with van der Waals surface area (Å²) in [6.07, 6.45) is 0.914. The average molecular weight is 266 g/mol. The van der Waals surface area contributed by atoms with Crippen LogP contribution in [-0.4, -0.2) is 11.6 Å². The summed E-state index contributed by atoms with van der Waals surface area (Å²) in [5.74, 6) is 1.70. The zero-order chi connectivity index (χ0) is 13.0. The van der Waals surface area contributed by atoms with Crippen LogP contribution in [0.2, 0.25) is 0 Å². The van der Waals surface area contributed by atoms with Crippen molar-refractivity contribution < 1.29 is 9.15 Å². The van der Waals surface area contributed by atoms with Crippen LogP contribution in [0.1, 0.15) is 27.7 Å². The number of furan rings is 1. The maximum Gasteiger partial charge on any atom is 0.118 e. The van der Waals surface area contributed by atoms with Crippen molar-refractivity contribution in [3.8, 4) is 0 Å². The van der Waals surface area contributed by atoms with E-state index in [2.05, 4.69) is 4.98 Å². The molecule has 2 heterocycles. The second kappa shape index (κ2) is 6.13. The van der Waals surface area contributed by atoms with E-state index in [1.807, 2.05) is 25.4 Å². The molecular formula is C13H18N2O2S. The summed E-state index contributed by atoms with van der Waals surface area (Å²) in [5.41, 5.74) is 9.59. The number of aryl methyl sites for hydroxylation is 2. The quantitative estimate of drug-likeness (QED) is 0.816. The normalized spacial score (nSPS) is 11.1. The molecular weight excluding hydrogens is 248 g/mol. The minimum Gasteiger partial charge on any atom is -0.465 e. The summed E-state index contributed by atoms with van der Waals surface area (Å²) < 4.78 is 11.1. The Morgan fingerprint density at radius 1 is 1.44 bits per heavy atom. The molecule has 98 valence electrons. The van der Waals surface area contributed by atoms with Gasteiger partial charge in [-0.1, -0.05) is 0 Å². The number of nitrogens with zero attached hydrogens (tertiary/aromatic N) is 1. The number of rotatable bonds is 6. The van der Waals surface area contributed by atoms with Gasteiger partial charge in [-0.25, -0.2) is 4.98 Å². The van der Waals surface area contributed by atoms with E-state index in [1.165, 1.54) is 4.88 Å². The van der Waals surface area contributed by atoms with E-state index >= 15 is 0 Å². The van der Waals surface area contributed by atoms with Crippen LogP contribution in [0.4, 0.5) is 0 Å². The molecule has 2 N–H and O–H groups in total. The van der Waals surface area contributed by atoms with Gasteiger partial charge in [-0.3, -0.25) is 0 Å². The van der Waals surface area contributed by atoms with Gasteiger partial charge in [0.2, 0.25) is 0 Å². The highest BCUT2D eigenvalue weighted by Gasteiger charge is 2.07. The van der Waals surface area contributed by atoms with Gasteiger partial charge in [0, 0.05) is 16.9 Å². The van der Waals surface area contributed by atoms with Gasteiger partial charge < -0.3 is 14.9 Å². The number of aromatic nitrogens is 1. The largest absolute Gasteiger partial charge is 0.465 e. The van der Waals surface area contributed by atoms with Gasteiger partial charge in [0.15, 0.2) is 0 Å². The van der Waals surface area contributed by atoms with Crippen LogP contribution in [-0.2, 0) is 24.3 Å². The SMILES string of the molecule is Cc1ncsc1CCOCc1cc(CN)oc1C. The Balaban J connectivity index is 1.78. The third-order valence-electron chi connectivity index (χ3n) is 2.85. The van der Waals surface area contributed by atoms with E-state index in [9.17, 15) is 0 Å². The summed E-state index contributed by atoms with van der Waals surface area (Å²) in [7, 11) is 0. The van der Waals surface area contributed by atoms with Crippen LogP contribution in [0.5, 0.6) is 0 Å². The molecule has 0 amide bonds. The van der Waals surface area contributed by atoms with E-state index < -0.39 is 0 Å². The molecule has 18 heavy (non-hydrogen) atoms. The van der Waals surface area contributed by atoms with Crippen LogP contribution in [0, 0.1) is 13.8 Å². The maximum atomic E-state index is 5.66. The van der Waals surface area contributed by atoms with E-state index in [0.717, 1.165) is 29.2 Å². The number of thiazole rings is 1. The third-order valence-corrected chi connectivity index (χ3v) is 3.84. The average Bonchev–Trinajstić information content (AvgIpc) is 2.92. The Labute approximate surface area is 111 Å². The van der Waals surface area contributed by atoms with E-state index in [4.69, 9.17) is 14.9 Å². The first kappa shape index (κ1) is 13.3. The second-order valence-electron chi connectivity index (χ2n) is 4.16. The van der Waals surface area contributed by atoms with Gasteiger partial charge in [-0.2, -0.15) is 0 Å². The monoisotopic (exact) mass is 266 g/mol. The summed E-state index contributed by atoms with van der Waals surface area (Å²) in [6, 6.07) is 1.97. The lowest BCUT2D eigenvalue weighted by Crippen LogP contribution is -1.99. The van der Waals surface area contributed by atoms with Crippen LogP contribution >= 0.6 is 11.3 Å². The van der Waals surface area contributed by atoms with Crippen molar-refractivity contribution in [3.63, 3.8) is 0 Å². The Hall–Kier alpha value is -1.17. The first-order chi connectivity index (χ1) is 8.70. The second-order valence-corrected chi connectivity index (χ2v) is 5.10. The zero-order valence-electron chi connectivity index (χ0n) is 10.7. The minimum atomic E-state index is 0.431. The molecule has 5 heteroatoms. The molecule has 0 atom stereocenters. The predicted octanol–water partition coefficient (Wildman–Crippen LogP) is 2.57. The fourth-order valence-corrected chi connectivity index (χ4v) is 2.51. The van der Waals surface area contributed by atoms with Crippen molar-refractivity contribution in [3.05, 3.63) is 39.2 Å². The van der Waals surface area contributed by atoms with Gasteiger partial charge >= 0.3 is 0 Å². The lowest BCUT2D eigenvalue weighted by Gasteiger charge is -2.02. The van der Waals surface area contributed by atoms with E-state index in [1.54, 1.807) is 11.3 Å². The Morgan fingerprint density at radius 2 is 2.28 bits per heavy atom. The Kier molecular flexibility index (Phi) is 4.52. The van der Waals surface area contributed by atoms with Crippen molar-refractivity contribution in [2.45, 2.75) is 33.4 Å². The van der Waals surface area contributed by atoms with Crippen LogP contribution in [0.25, 0.3) is 0 Å². The van der Waals surface area contributed by atoms with Gasteiger partial charge in [0.05, 0.1) is 31.0 Å². The highest BCUT2D eigenvalue weighted by atomic mass is 32.1. The summed E-state index contributed by atoms with van der Waals surface area (Å²) >= 11 is 1.68. The van der Waals surface area contributed by atoms with Crippen LogP contribution in [0.15, 0.2) is 16.0 Å². The maximum absolute atomic E-state index is 5.66. The smallest absolute Gasteiger partial charge is 0.118 e. The summed E-state index contributed by atoms with van der Waals surface area (Å²) in [6.45, 7) is 5.67. The predicted molar refractivity (Wildman–Crippen MR) is 71.5 cm³/mol. The first-order valence-electron chi connectivity index (χ1n) is 5.95. The van der Waals surface area contributed by atoms with Crippen molar-refractivity contribution in [1.82, 2.24) is 4.98 Å². The molecule has 2 rings (SSSR count). The standard InChI is InChI=1S/C13H18N2O2S/c1-9-13(18-8-15-9)3-4-16-7-11-5-12(6-14)17-10(11)2/h5,8H,3-4,6-7,14H2,1-2H3. The van der Waals surface area contributed by atoms with Gasteiger partial charge in [0.25, 0.3) is 0 Å². The number of ether oxygens (including phenoxy) is 1. The molecule has 0 saturated carbocycles. The summed E-state index contributed by atoms with van der Waals surface area (Å²) in [4.78, 5) is 5.51. The van der Waals surface area contributed by atoms with Crippen molar-refractivity contribution >= 4 is 11.3 Å². The van der Waals surface area contributed by atoms with Crippen molar-refractivity contribution in [1.29, 1.82) is 0 Å². The molecule has 0 bridgehead atoms. The molecule has 0 radical (unpaired) electrons. The molecule has 0 aliphatic rings. The third kappa shape index (κ3) is 3.19. The highest BCUT2D eigenvalue weighted by Crippen LogP contribution is 2.16. The van der Waals surface area contributed by atoms with E-state index in [-0.39, 0.29) is 0 Å². The molecule has 0 unspecified atom stereocenters. The number of hydrogen-bond donors (Lipinski definition) is 1. The number of nitrogens with two attached hydrogens (primary N) is 1. The van der Waals surface area contributed by atoms with Crippen molar-refractivity contribution in [2.24, 2.45) is 5.73 Å². The fraction of sp³-hybridized carbons (Fsp3) is 0.462. The molecule has 2 aromatic heterocycles. The number of hydrogen-bond acceptors (Lipinski definition) is 5. The molecule has 0 fully saturated rings. The first-order valence-corrected chi connectivity index (χ1v) is 6.83.